The molecule has 0 bridgehead atoms. The summed E-state index contributed by atoms with van der Waals surface area (Å²) in [4.78, 5) is 0. The van der Waals surface area contributed by atoms with Crippen molar-refractivity contribution in [3.05, 3.63) is 40.9 Å². The van der Waals surface area contributed by atoms with Gasteiger partial charge in [0.1, 0.15) is 5.75 Å². The molecule has 1 atom stereocenters. The van der Waals surface area contributed by atoms with Gasteiger partial charge >= 0.3 is 0 Å². The molecule has 5 heteroatoms. The van der Waals surface area contributed by atoms with Gasteiger partial charge in [-0.2, -0.15) is 0 Å². The van der Waals surface area contributed by atoms with E-state index in [0.29, 0.717) is 6.10 Å². The second-order valence-corrected chi connectivity index (χ2v) is 5.32. The molecule has 2 aromatic rings. The van der Waals surface area contributed by atoms with Crippen molar-refractivity contribution in [2.24, 2.45) is 0 Å². The molecule has 1 aliphatic rings. The number of aromatic nitrogens is 2. The molecule has 0 radical (unpaired) electrons. The molecule has 4 nitrogen and oxygen atoms in total. The van der Waals surface area contributed by atoms with Gasteiger partial charge in [-0.25, -0.2) is 0 Å². The lowest BCUT2D eigenvalue weighted by Gasteiger charge is -2.16. The van der Waals surface area contributed by atoms with Gasteiger partial charge in [0.15, 0.2) is 0 Å². The molecule has 1 fully saturated rings. The van der Waals surface area contributed by atoms with Crippen molar-refractivity contribution in [1.82, 2.24) is 14.9 Å². The van der Waals surface area contributed by atoms with Gasteiger partial charge in [0.05, 0.1) is 17.8 Å². The molecular formula is C14H17N3OS. The predicted octanol–water partition coefficient (Wildman–Crippen LogP) is 2.78. The van der Waals surface area contributed by atoms with Gasteiger partial charge in [-0.1, -0.05) is 23.5 Å². The lowest BCUT2D eigenvalue weighted by Crippen LogP contribution is -2.22. The van der Waals surface area contributed by atoms with Crippen LogP contribution in [-0.4, -0.2) is 22.2 Å². The van der Waals surface area contributed by atoms with Crippen molar-refractivity contribution in [1.29, 1.82) is 0 Å². The quantitative estimate of drug-likeness (QED) is 0.880. The van der Waals surface area contributed by atoms with Crippen LogP contribution in [0.4, 0.5) is 0 Å². The van der Waals surface area contributed by atoms with Crippen LogP contribution in [0.15, 0.2) is 29.6 Å². The topological polar surface area (TPSA) is 47.0 Å². The van der Waals surface area contributed by atoms with Gasteiger partial charge in [0.2, 0.25) is 0 Å². The van der Waals surface area contributed by atoms with Crippen LogP contribution < -0.4 is 10.1 Å². The average Bonchev–Trinajstić information content (AvgIpc) is 3.07. The van der Waals surface area contributed by atoms with Crippen LogP contribution in [0.1, 0.15) is 37.1 Å². The summed E-state index contributed by atoms with van der Waals surface area (Å²) in [6, 6.07) is 8.35. The monoisotopic (exact) mass is 275 g/mol. The fourth-order valence-corrected chi connectivity index (χ4v) is 2.52. The zero-order chi connectivity index (χ0) is 13.1. The molecule has 0 spiro atoms. The molecule has 0 aliphatic heterocycles. The number of hydrogen-bond acceptors (Lipinski definition) is 5. The van der Waals surface area contributed by atoms with Gasteiger partial charge in [-0.3, -0.25) is 0 Å². The zero-order valence-electron chi connectivity index (χ0n) is 10.9. The van der Waals surface area contributed by atoms with E-state index in [1.165, 1.54) is 29.9 Å². The van der Waals surface area contributed by atoms with Crippen LogP contribution in [0, 0.1) is 0 Å². The molecular weight excluding hydrogens is 258 g/mol. The van der Waals surface area contributed by atoms with Gasteiger partial charge in [0.25, 0.3) is 0 Å². The van der Waals surface area contributed by atoms with E-state index in [1.807, 2.05) is 17.5 Å². The Morgan fingerprint density at radius 1 is 1.47 bits per heavy atom. The maximum absolute atomic E-state index is 5.85. The van der Waals surface area contributed by atoms with E-state index in [2.05, 4.69) is 34.0 Å². The number of ether oxygens (including phenoxy) is 1. The zero-order valence-corrected chi connectivity index (χ0v) is 11.7. The summed E-state index contributed by atoms with van der Waals surface area (Å²) in [6.45, 7) is 2.98. The number of hydrogen-bond donors (Lipinski definition) is 1. The van der Waals surface area contributed by atoms with Crippen molar-refractivity contribution < 1.29 is 4.74 Å². The second kappa shape index (κ2) is 5.67. The minimum atomic E-state index is 0.0894. The van der Waals surface area contributed by atoms with Crippen molar-refractivity contribution in [2.45, 2.75) is 31.9 Å². The smallest absolute Gasteiger partial charge is 0.120 e. The molecule has 1 N–H and O–H groups in total. The first kappa shape index (κ1) is 12.6. The summed E-state index contributed by atoms with van der Waals surface area (Å²) in [7, 11) is 0. The van der Waals surface area contributed by atoms with Crippen LogP contribution in [0.25, 0.3) is 0 Å². The lowest BCUT2D eigenvalue weighted by molar-refractivity contribution is 0.302. The molecule has 3 rings (SSSR count). The van der Waals surface area contributed by atoms with Crippen LogP contribution >= 0.6 is 11.5 Å². The summed E-state index contributed by atoms with van der Waals surface area (Å²) in [5.74, 6) is 0.950. The number of benzene rings is 1. The van der Waals surface area contributed by atoms with E-state index in [0.717, 1.165) is 18.0 Å². The van der Waals surface area contributed by atoms with Crippen LogP contribution in [0.5, 0.6) is 5.75 Å². The third kappa shape index (κ3) is 3.11. The van der Waals surface area contributed by atoms with Gasteiger partial charge in [0, 0.05) is 5.38 Å². The minimum Gasteiger partial charge on any atom is -0.490 e. The Balaban J connectivity index is 1.84. The van der Waals surface area contributed by atoms with E-state index < -0.39 is 0 Å². The lowest BCUT2D eigenvalue weighted by atomic mass is 10.0. The van der Waals surface area contributed by atoms with Gasteiger partial charge in [-0.15, -0.1) is 5.10 Å². The first-order valence-corrected chi connectivity index (χ1v) is 7.47. The first-order valence-electron chi connectivity index (χ1n) is 6.63. The van der Waals surface area contributed by atoms with Crippen molar-refractivity contribution >= 4 is 11.5 Å². The first-order chi connectivity index (χ1) is 9.36. The molecule has 1 saturated carbocycles. The maximum Gasteiger partial charge on any atom is 0.120 e. The Morgan fingerprint density at radius 2 is 2.37 bits per heavy atom. The second-order valence-electron chi connectivity index (χ2n) is 4.71. The van der Waals surface area contributed by atoms with Crippen LogP contribution in [0.3, 0.4) is 0 Å². The predicted molar refractivity (Wildman–Crippen MR) is 75.5 cm³/mol. The van der Waals surface area contributed by atoms with E-state index in [9.17, 15) is 0 Å². The SMILES string of the molecule is CCNC(c1cccc(OC2CC2)c1)c1csnn1. The molecule has 1 aromatic heterocycles. The highest BCUT2D eigenvalue weighted by atomic mass is 32.1. The highest BCUT2D eigenvalue weighted by Gasteiger charge is 2.24. The Morgan fingerprint density at radius 3 is 3.05 bits per heavy atom. The largest absolute Gasteiger partial charge is 0.490 e. The fraction of sp³-hybridized carbons (Fsp3) is 0.429. The van der Waals surface area contributed by atoms with Crippen molar-refractivity contribution in [3.8, 4) is 5.75 Å². The average molecular weight is 275 g/mol. The van der Waals surface area contributed by atoms with E-state index in [4.69, 9.17) is 4.74 Å². The summed E-state index contributed by atoms with van der Waals surface area (Å²) >= 11 is 1.38. The molecule has 1 aromatic carbocycles. The van der Waals surface area contributed by atoms with Gasteiger partial charge < -0.3 is 10.1 Å². The highest BCUT2D eigenvalue weighted by Crippen LogP contribution is 2.29. The summed E-state index contributed by atoms with van der Waals surface area (Å²) in [5, 5.41) is 9.61. The van der Waals surface area contributed by atoms with Crippen molar-refractivity contribution in [2.75, 3.05) is 6.54 Å². The molecule has 0 saturated heterocycles. The standard InChI is InChI=1S/C14H17N3OS/c1-2-15-14(13-9-19-17-16-13)10-4-3-5-12(8-10)18-11-6-7-11/h3-5,8-9,11,14-15H,2,6-7H2,1H3. The molecule has 100 valence electrons. The molecule has 1 unspecified atom stereocenters. The number of nitrogens with zero attached hydrogens (tertiary/aromatic N) is 2. The van der Waals surface area contributed by atoms with Gasteiger partial charge in [-0.05, 0) is 48.6 Å². The summed E-state index contributed by atoms with van der Waals surface area (Å²) < 4.78 is 9.80. The minimum absolute atomic E-state index is 0.0894. The Labute approximate surface area is 117 Å². The summed E-state index contributed by atoms with van der Waals surface area (Å²) in [6.07, 6.45) is 2.78. The number of nitrogens with one attached hydrogen (secondary N) is 1. The van der Waals surface area contributed by atoms with E-state index >= 15 is 0 Å². The van der Waals surface area contributed by atoms with E-state index in [-0.39, 0.29) is 6.04 Å². The third-order valence-corrected chi connectivity index (χ3v) is 3.62. The highest BCUT2D eigenvalue weighted by molar-refractivity contribution is 7.03. The van der Waals surface area contributed by atoms with Crippen molar-refractivity contribution in [3.63, 3.8) is 0 Å². The maximum atomic E-state index is 5.85. The third-order valence-electron chi connectivity index (χ3n) is 3.10. The van der Waals surface area contributed by atoms with E-state index in [1.54, 1.807) is 0 Å². The fourth-order valence-electron chi connectivity index (χ4n) is 2.04. The molecule has 1 aliphatic carbocycles. The molecule has 1 heterocycles. The van der Waals surface area contributed by atoms with Crippen LogP contribution in [0.2, 0.25) is 0 Å². The summed E-state index contributed by atoms with van der Waals surface area (Å²) in [5.41, 5.74) is 2.14. The normalized spacial score (nSPS) is 16.3. The van der Waals surface area contributed by atoms with Crippen LogP contribution in [-0.2, 0) is 0 Å². The number of rotatable bonds is 6. The Bertz CT molecular complexity index is 525. The Kier molecular flexibility index (Phi) is 3.75. The molecule has 19 heavy (non-hydrogen) atoms. The molecule has 0 amide bonds. The Hall–Kier alpha value is -1.46.